The predicted octanol–water partition coefficient (Wildman–Crippen LogP) is 3.03. The van der Waals surface area contributed by atoms with Gasteiger partial charge < -0.3 is 25.2 Å². The fourth-order valence-corrected chi connectivity index (χ4v) is 3.67. The first-order chi connectivity index (χ1) is 12.7. The van der Waals surface area contributed by atoms with Crippen LogP contribution in [-0.2, 0) is 4.74 Å². The van der Waals surface area contributed by atoms with E-state index in [1.165, 1.54) is 26.4 Å². The number of nitrogens with one attached hydrogen (secondary N) is 2. The number of likely N-dealkylation sites (tertiary alicyclic amines) is 1. The van der Waals surface area contributed by atoms with Gasteiger partial charge in [-0.15, -0.1) is 0 Å². The lowest BCUT2D eigenvalue weighted by molar-refractivity contribution is 0.110. The fraction of sp³-hybridized carbons (Fsp3) is 0.579. The Morgan fingerprint density at radius 1 is 1.04 bits per heavy atom. The molecule has 142 valence electrons. The topological polar surface area (TPSA) is 73.9 Å². The Bertz CT molecular complexity index is 623. The SMILES string of the molecule is COC(=O)N1CCC(NC(=O)Nc2ccccc2N2CCCCC2)CC1. The molecule has 2 N–H and O–H groups in total. The molecule has 2 aliphatic rings. The summed E-state index contributed by atoms with van der Waals surface area (Å²) in [5.74, 6) is 0. The number of urea groups is 1. The van der Waals surface area contributed by atoms with E-state index < -0.39 is 0 Å². The molecule has 0 spiro atoms. The fourth-order valence-electron chi connectivity index (χ4n) is 3.67. The zero-order chi connectivity index (χ0) is 18.4. The van der Waals surface area contributed by atoms with Gasteiger partial charge in [-0.05, 0) is 44.2 Å². The minimum Gasteiger partial charge on any atom is -0.453 e. The predicted molar refractivity (Wildman–Crippen MR) is 102 cm³/mol. The second-order valence-corrected chi connectivity index (χ2v) is 6.89. The molecule has 0 aliphatic carbocycles. The molecule has 2 aliphatic heterocycles. The number of methoxy groups -OCH3 is 1. The Morgan fingerprint density at radius 3 is 2.42 bits per heavy atom. The summed E-state index contributed by atoms with van der Waals surface area (Å²) in [7, 11) is 1.39. The molecule has 3 amide bonds. The van der Waals surface area contributed by atoms with E-state index in [0.717, 1.165) is 37.3 Å². The number of hydrogen-bond acceptors (Lipinski definition) is 4. The highest BCUT2D eigenvalue weighted by Gasteiger charge is 2.24. The zero-order valence-electron chi connectivity index (χ0n) is 15.4. The zero-order valence-corrected chi connectivity index (χ0v) is 15.4. The summed E-state index contributed by atoms with van der Waals surface area (Å²) in [5.41, 5.74) is 1.93. The summed E-state index contributed by atoms with van der Waals surface area (Å²) in [6, 6.07) is 7.84. The van der Waals surface area contributed by atoms with E-state index in [-0.39, 0.29) is 18.2 Å². The van der Waals surface area contributed by atoms with Crippen LogP contribution < -0.4 is 15.5 Å². The Kier molecular flexibility index (Phi) is 6.20. The van der Waals surface area contributed by atoms with Crippen LogP contribution in [0.3, 0.4) is 0 Å². The number of amides is 3. The van der Waals surface area contributed by atoms with Crippen LogP contribution in [-0.4, -0.2) is 56.4 Å². The van der Waals surface area contributed by atoms with E-state index in [1.54, 1.807) is 4.90 Å². The third-order valence-electron chi connectivity index (χ3n) is 5.11. The standard InChI is InChI=1S/C19H28N4O3/c1-26-19(25)23-13-9-15(10-14-23)20-18(24)21-16-7-3-4-8-17(16)22-11-5-2-6-12-22/h3-4,7-8,15H,2,5-6,9-14H2,1H3,(H2,20,21,24). The van der Waals surface area contributed by atoms with Crippen molar-refractivity contribution in [2.24, 2.45) is 0 Å². The van der Waals surface area contributed by atoms with Crippen molar-refractivity contribution in [2.75, 3.05) is 43.5 Å². The minimum atomic E-state index is -0.302. The van der Waals surface area contributed by atoms with Gasteiger partial charge in [0.2, 0.25) is 0 Å². The number of carbonyl (C=O) groups excluding carboxylic acids is 2. The van der Waals surface area contributed by atoms with Crippen LogP contribution in [0, 0.1) is 0 Å². The van der Waals surface area contributed by atoms with E-state index in [9.17, 15) is 9.59 Å². The van der Waals surface area contributed by atoms with Gasteiger partial charge in [-0.25, -0.2) is 9.59 Å². The lowest BCUT2D eigenvalue weighted by atomic mass is 10.1. The summed E-state index contributed by atoms with van der Waals surface area (Å²) < 4.78 is 4.74. The van der Waals surface area contributed by atoms with Crippen LogP contribution in [0.4, 0.5) is 21.0 Å². The van der Waals surface area contributed by atoms with E-state index in [0.29, 0.717) is 13.1 Å². The number of ether oxygens (including phenoxy) is 1. The smallest absolute Gasteiger partial charge is 0.409 e. The molecule has 0 saturated carbocycles. The molecule has 26 heavy (non-hydrogen) atoms. The average Bonchev–Trinajstić information content (AvgIpc) is 2.69. The Balaban J connectivity index is 1.53. The van der Waals surface area contributed by atoms with Gasteiger partial charge in [0.25, 0.3) is 0 Å². The van der Waals surface area contributed by atoms with Gasteiger partial charge in [-0.3, -0.25) is 0 Å². The molecular weight excluding hydrogens is 332 g/mol. The lowest BCUT2D eigenvalue weighted by Gasteiger charge is -2.32. The van der Waals surface area contributed by atoms with Gasteiger partial charge >= 0.3 is 12.1 Å². The molecule has 0 unspecified atom stereocenters. The van der Waals surface area contributed by atoms with Crippen LogP contribution in [0.15, 0.2) is 24.3 Å². The first-order valence-electron chi connectivity index (χ1n) is 9.42. The maximum atomic E-state index is 12.4. The van der Waals surface area contributed by atoms with Crippen LogP contribution in [0.2, 0.25) is 0 Å². The molecule has 7 heteroatoms. The van der Waals surface area contributed by atoms with Crippen molar-refractivity contribution in [3.63, 3.8) is 0 Å². The molecule has 3 rings (SSSR count). The molecule has 2 saturated heterocycles. The molecule has 1 aromatic carbocycles. The van der Waals surface area contributed by atoms with Gasteiger partial charge in [-0.2, -0.15) is 0 Å². The Labute approximate surface area is 154 Å². The average molecular weight is 360 g/mol. The van der Waals surface area contributed by atoms with Crippen LogP contribution in [0.1, 0.15) is 32.1 Å². The van der Waals surface area contributed by atoms with Crippen molar-refractivity contribution in [3.05, 3.63) is 24.3 Å². The number of para-hydroxylation sites is 2. The number of hydrogen-bond donors (Lipinski definition) is 2. The molecule has 0 aromatic heterocycles. The number of carbonyl (C=O) groups is 2. The van der Waals surface area contributed by atoms with Gasteiger partial charge in [0.1, 0.15) is 0 Å². The quantitative estimate of drug-likeness (QED) is 0.869. The highest BCUT2D eigenvalue weighted by Crippen LogP contribution is 2.28. The molecule has 2 heterocycles. The van der Waals surface area contributed by atoms with Crippen molar-refractivity contribution < 1.29 is 14.3 Å². The normalized spacial score (nSPS) is 18.3. The number of anilines is 2. The summed E-state index contributed by atoms with van der Waals surface area (Å²) >= 11 is 0. The van der Waals surface area contributed by atoms with E-state index >= 15 is 0 Å². The van der Waals surface area contributed by atoms with E-state index in [2.05, 4.69) is 21.6 Å². The van der Waals surface area contributed by atoms with Crippen molar-refractivity contribution in [2.45, 2.75) is 38.1 Å². The molecule has 2 fully saturated rings. The molecule has 0 atom stereocenters. The van der Waals surface area contributed by atoms with Crippen LogP contribution in [0.25, 0.3) is 0 Å². The number of rotatable bonds is 3. The molecule has 0 radical (unpaired) electrons. The molecule has 7 nitrogen and oxygen atoms in total. The van der Waals surface area contributed by atoms with E-state index in [1.807, 2.05) is 18.2 Å². The number of piperidine rings is 2. The largest absolute Gasteiger partial charge is 0.453 e. The number of nitrogens with zero attached hydrogens (tertiary/aromatic N) is 2. The summed E-state index contributed by atoms with van der Waals surface area (Å²) in [5, 5.41) is 6.03. The Hall–Kier alpha value is -2.44. The lowest BCUT2D eigenvalue weighted by Crippen LogP contribution is -2.47. The first-order valence-corrected chi connectivity index (χ1v) is 9.42. The van der Waals surface area contributed by atoms with Crippen molar-refractivity contribution in [1.29, 1.82) is 0 Å². The molecular formula is C19H28N4O3. The maximum absolute atomic E-state index is 12.4. The second-order valence-electron chi connectivity index (χ2n) is 6.89. The highest BCUT2D eigenvalue weighted by molar-refractivity contribution is 5.93. The maximum Gasteiger partial charge on any atom is 0.409 e. The van der Waals surface area contributed by atoms with Crippen LogP contribution >= 0.6 is 0 Å². The summed E-state index contributed by atoms with van der Waals surface area (Å²) in [6.07, 6.45) is 4.82. The monoisotopic (exact) mass is 360 g/mol. The van der Waals surface area contributed by atoms with Gasteiger partial charge in [0.15, 0.2) is 0 Å². The summed E-state index contributed by atoms with van der Waals surface area (Å²) in [6.45, 7) is 3.27. The third-order valence-corrected chi connectivity index (χ3v) is 5.11. The first kappa shape index (κ1) is 18.4. The van der Waals surface area contributed by atoms with Crippen molar-refractivity contribution >= 4 is 23.5 Å². The minimum absolute atomic E-state index is 0.0676. The Morgan fingerprint density at radius 2 is 1.73 bits per heavy atom. The molecule has 1 aromatic rings. The second kappa shape index (κ2) is 8.78. The van der Waals surface area contributed by atoms with Crippen LogP contribution in [0.5, 0.6) is 0 Å². The third kappa shape index (κ3) is 4.59. The number of benzene rings is 1. The van der Waals surface area contributed by atoms with E-state index in [4.69, 9.17) is 4.74 Å². The molecule has 0 bridgehead atoms. The highest BCUT2D eigenvalue weighted by atomic mass is 16.5. The van der Waals surface area contributed by atoms with Crippen molar-refractivity contribution in [1.82, 2.24) is 10.2 Å². The summed E-state index contributed by atoms with van der Waals surface area (Å²) in [4.78, 5) is 28.0. The van der Waals surface area contributed by atoms with Crippen molar-refractivity contribution in [3.8, 4) is 0 Å². The van der Waals surface area contributed by atoms with Gasteiger partial charge in [-0.1, -0.05) is 12.1 Å². The van der Waals surface area contributed by atoms with Gasteiger partial charge in [0.05, 0.1) is 18.5 Å². The van der Waals surface area contributed by atoms with Gasteiger partial charge in [0, 0.05) is 32.2 Å².